The molecule has 1 amide bonds. The molecule has 0 atom stereocenters. The van der Waals surface area contributed by atoms with E-state index in [1.807, 2.05) is 42.8 Å². The molecule has 1 aromatic heterocycles. The molecule has 2 aromatic rings. The van der Waals surface area contributed by atoms with E-state index in [4.69, 9.17) is 0 Å². The normalized spacial score (nSPS) is 9.94. The SMILES string of the molecule is CNc1nc(CC(=O)Nc2ccccc2)cs1. The van der Waals surface area contributed by atoms with Gasteiger partial charge in [-0.05, 0) is 12.1 Å². The van der Waals surface area contributed by atoms with Gasteiger partial charge in [-0.2, -0.15) is 0 Å². The van der Waals surface area contributed by atoms with E-state index >= 15 is 0 Å². The Labute approximate surface area is 104 Å². The van der Waals surface area contributed by atoms with Crippen molar-refractivity contribution in [3.63, 3.8) is 0 Å². The molecule has 2 rings (SSSR count). The van der Waals surface area contributed by atoms with Gasteiger partial charge in [0, 0.05) is 18.1 Å². The molecule has 0 saturated carbocycles. The molecule has 0 fully saturated rings. The molecule has 17 heavy (non-hydrogen) atoms. The number of hydrogen-bond acceptors (Lipinski definition) is 4. The van der Waals surface area contributed by atoms with Gasteiger partial charge in [0.15, 0.2) is 5.13 Å². The van der Waals surface area contributed by atoms with Gasteiger partial charge >= 0.3 is 0 Å². The summed E-state index contributed by atoms with van der Waals surface area (Å²) >= 11 is 1.50. The molecule has 0 aliphatic carbocycles. The number of aromatic nitrogens is 1. The number of nitrogens with one attached hydrogen (secondary N) is 2. The van der Waals surface area contributed by atoms with Gasteiger partial charge in [0.25, 0.3) is 0 Å². The molecule has 1 heterocycles. The third-order valence-electron chi connectivity index (χ3n) is 2.16. The van der Waals surface area contributed by atoms with Crippen LogP contribution in [-0.4, -0.2) is 17.9 Å². The van der Waals surface area contributed by atoms with E-state index in [1.165, 1.54) is 11.3 Å². The van der Waals surface area contributed by atoms with E-state index < -0.39 is 0 Å². The Morgan fingerprint density at radius 3 is 2.76 bits per heavy atom. The first-order chi connectivity index (χ1) is 8.28. The summed E-state index contributed by atoms with van der Waals surface area (Å²) < 4.78 is 0. The molecule has 1 aromatic carbocycles. The summed E-state index contributed by atoms with van der Waals surface area (Å²) in [5.41, 5.74) is 1.59. The lowest BCUT2D eigenvalue weighted by molar-refractivity contribution is -0.115. The number of thiazole rings is 1. The summed E-state index contributed by atoms with van der Waals surface area (Å²) in [5, 5.41) is 8.48. The lowest BCUT2D eigenvalue weighted by Crippen LogP contribution is -2.14. The number of anilines is 2. The standard InChI is InChI=1S/C12H13N3OS/c1-13-12-15-10(8-17-12)7-11(16)14-9-5-3-2-4-6-9/h2-6,8H,7H2,1H3,(H,13,15)(H,14,16). The summed E-state index contributed by atoms with van der Waals surface area (Å²) in [4.78, 5) is 16.0. The molecular weight excluding hydrogens is 234 g/mol. The molecular formula is C12H13N3OS. The lowest BCUT2D eigenvalue weighted by Gasteiger charge is -2.02. The smallest absolute Gasteiger partial charge is 0.230 e. The van der Waals surface area contributed by atoms with Gasteiger partial charge in [-0.15, -0.1) is 11.3 Å². The van der Waals surface area contributed by atoms with Crippen LogP contribution in [0.15, 0.2) is 35.7 Å². The maximum absolute atomic E-state index is 11.7. The van der Waals surface area contributed by atoms with Crippen molar-refractivity contribution in [3.05, 3.63) is 41.4 Å². The van der Waals surface area contributed by atoms with Crippen LogP contribution in [0.2, 0.25) is 0 Å². The Hall–Kier alpha value is -1.88. The Kier molecular flexibility index (Phi) is 3.72. The second-order valence-electron chi connectivity index (χ2n) is 3.48. The van der Waals surface area contributed by atoms with Crippen LogP contribution in [0.3, 0.4) is 0 Å². The molecule has 5 heteroatoms. The number of carbonyl (C=O) groups excluding carboxylic acids is 1. The number of para-hydroxylation sites is 1. The highest BCUT2D eigenvalue weighted by Gasteiger charge is 2.07. The van der Waals surface area contributed by atoms with Crippen LogP contribution in [-0.2, 0) is 11.2 Å². The minimum Gasteiger partial charge on any atom is -0.365 e. The van der Waals surface area contributed by atoms with Gasteiger partial charge < -0.3 is 10.6 Å². The lowest BCUT2D eigenvalue weighted by atomic mass is 10.3. The van der Waals surface area contributed by atoms with E-state index in [9.17, 15) is 4.79 Å². The number of hydrogen-bond donors (Lipinski definition) is 2. The zero-order valence-electron chi connectivity index (χ0n) is 9.43. The Morgan fingerprint density at radius 1 is 1.35 bits per heavy atom. The van der Waals surface area contributed by atoms with Crippen molar-refractivity contribution in [2.45, 2.75) is 6.42 Å². The molecule has 0 bridgehead atoms. The first-order valence-electron chi connectivity index (χ1n) is 5.25. The van der Waals surface area contributed by atoms with E-state index in [1.54, 1.807) is 0 Å². The van der Waals surface area contributed by atoms with E-state index in [2.05, 4.69) is 15.6 Å². The summed E-state index contributed by atoms with van der Waals surface area (Å²) in [7, 11) is 1.81. The monoisotopic (exact) mass is 247 g/mol. The number of rotatable bonds is 4. The van der Waals surface area contributed by atoms with Crippen molar-refractivity contribution in [1.29, 1.82) is 0 Å². The van der Waals surface area contributed by atoms with Crippen molar-refractivity contribution >= 4 is 28.1 Å². The average molecular weight is 247 g/mol. The predicted molar refractivity (Wildman–Crippen MR) is 70.4 cm³/mol. The first-order valence-corrected chi connectivity index (χ1v) is 6.13. The molecule has 2 N–H and O–H groups in total. The summed E-state index contributed by atoms with van der Waals surface area (Å²) in [6.45, 7) is 0. The van der Waals surface area contributed by atoms with Crippen LogP contribution in [0.25, 0.3) is 0 Å². The molecule has 0 aliphatic rings. The van der Waals surface area contributed by atoms with Gasteiger partial charge in [-0.25, -0.2) is 4.98 Å². The number of nitrogens with zero attached hydrogens (tertiary/aromatic N) is 1. The van der Waals surface area contributed by atoms with Crippen molar-refractivity contribution < 1.29 is 4.79 Å². The molecule has 4 nitrogen and oxygen atoms in total. The highest BCUT2D eigenvalue weighted by Crippen LogP contribution is 2.15. The molecule has 88 valence electrons. The Balaban J connectivity index is 1.93. The molecule has 0 radical (unpaired) electrons. The summed E-state index contributed by atoms with van der Waals surface area (Å²) in [5.74, 6) is -0.0517. The zero-order chi connectivity index (χ0) is 12.1. The van der Waals surface area contributed by atoms with Crippen LogP contribution in [0.5, 0.6) is 0 Å². The van der Waals surface area contributed by atoms with Crippen molar-refractivity contribution in [3.8, 4) is 0 Å². The van der Waals surface area contributed by atoms with Crippen LogP contribution < -0.4 is 10.6 Å². The van der Waals surface area contributed by atoms with Crippen LogP contribution in [0.4, 0.5) is 10.8 Å². The topological polar surface area (TPSA) is 54.0 Å². The Morgan fingerprint density at radius 2 is 2.12 bits per heavy atom. The average Bonchev–Trinajstić information content (AvgIpc) is 2.78. The van der Waals surface area contributed by atoms with Crippen molar-refractivity contribution in [2.75, 3.05) is 17.7 Å². The van der Waals surface area contributed by atoms with Crippen molar-refractivity contribution in [1.82, 2.24) is 4.98 Å². The maximum atomic E-state index is 11.7. The highest BCUT2D eigenvalue weighted by atomic mass is 32.1. The summed E-state index contributed by atoms with van der Waals surface area (Å²) in [6.07, 6.45) is 0.299. The number of amides is 1. The van der Waals surface area contributed by atoms with E-state index in [-0.39, 0.29) is 5.91 Å². The fourth-order valence-corrected chi connectivity index (χ4v) is 2.07. The fraction of sp³-hybridized carbons (Fsp3) is 0.167. The third kappa shape index (κ3) is 3.29. The number of carbonyl (C=O) groups is 1. The van der Waals surface area contributed by atoms with Crippen LogP contribution in [0.1, 0.15) is 5.69 Å². The van der Waals surface area contributed by atoms with Gasteiger partial charge in [0.1, 0.15) is 0 Å². The predicted octanol–water partition coefficient (Wildman–Crippen LogP) is 2.37. The van der Waals surface area contributed by atoms with Gasteiger partial charge in [0.2, 0.25) is 5.91 Å². The van der Waals surface area contributed by atoms with Crippen LogP contribution in [0, 0.1) is 0 Å². The second-order valence-corrected chi connectivity index (χ2v) is 4.34. The molecule has 0 saturated heterocycles. The van der Waals surface area contributed by atoms with E-state index in [0.717, 1.165) is 16.5 Å². The largest absolute Gasteiger partial charge is 0.365 e. The Bertz CT molecular complexity index is 495. The van der Waals surface area contributed by atoms with Crippen LogP contribution >= 0.6 is 11.3 Å². The second kappa shape index (κ2) is 5.45. The third-order valence-corrected chi connectivity index (χ3v) is 3.07. The van der Waals surface area contributed by atoms with Crippen molar-refractivity contribution in [2.24, 2.45) is 0 Å². The first kappa shape index (κ1) is 11.6. The van der Waals surface area contributed by atoms with Gasteiger partial charge in [-0.1, -0.05) is 18.2 Å². The zero-order valence-corrected chi connectivity index (χ0v) is 10.3. The molecule has 0 spiro atoms. The maximum Gasteiger partial charge on any atom is 0.230 e. The minimum atomic E-state index is -0.0517. The highest BCUT2D eigenvalue weighted by molar-refractivity contribution is 7.13. The molecule has 0 aliphatic heterocycles. The number of benzene rings is 1. The molecule has 0 unspecified atom stereocenters. The quantitative estimate of drug-likeness (QED) is 0.872. The van der Waals surface area contributed by atoms with Gasteiger partial charge in [0.05, 0.1) is 12.1 Å². The summed E-state index contributed by atoms with van der Waals surface area (Å²) in [6, 6.07) is 9.40. The minimum absolute atomic E-state index is 0.0517. The van der Waals surface area contributed by atoms with E-state index in [0.29, 0.717) is 6.42 Å². The fourth-order valence-electron chi connectivity index (χ4n) is 1.39. The van der Waals surface area contributed by atoms with Gasteiger partial charge in [-0.3, -0.25) is 4.79 Å².